The Balaban J connectivity index is 1.63. The fourth-order valence-corrected chi connectivity index (χ4v) is 2.44. The molecule has 154 valence electrons. The van der Waals surface area contributed by atoms with E-state index in [4.69, 9.17) is 9.47 Å². The summed E-state index contributed by atoms with van der Waals surface area (Å²) in [6, 6.07) is 17.2. The van der Waals surface area contributed by atoms with Gasteiger partial charge in [-0.15, -0.1) is 0 Å². The lowest BCUT2D eigenvalue weighted by Crippen LogP contribution is -2.41. The average molecular weight is 400 g/mol. The van der Waals surface area contributed by atoms with Crippen LogP contribution in [-0.4, -0.2) is 35.8 Å². The van der Waals surface area contributed by atoms with Crippen LogP contribution in [0.25, 0.3) is 0 Å². The number of carboxylic acids is 1. The molecule has 0 saturated carbocycles. The number of benzene rings is 2. The molecule has 0 fully saturated rings. The molecule has 2 aromatic rings. The lowest BCUT2D eigenvalue weighted by Gasteiger charge is -2.15. The Labute approximate surface area is 168 Å². The van der Waals surface area contributed by atoms with E-state index in [1.165, 1.54) is 0 Å². The molecule has 2 amide bonds. The molecule has 0 aliphatic heterocycles. The van der Waals surface area contributed by atoms with Crippen LogP contribution in [0.3, 0.4) is 0 Å². The SMILES string of the molecule is O=C(NCCC[C@@H](NC(=O)OCc1ccccc1)C(=O)O)OCc1ccccc1. The van der Waals surface area contributed by atoms with Crippen molar-refractivity contribution in [2.24, 2.45) is 0 Å². The number of hydrogen-bond donors (Lipinski definition) is 3. The maximum Gasteiger partial charge on any atom is 0.408 e. The molecule has 0 aromatic heterocycles. The molecule has 0 radical (unpaired) electrons. The van der Waals surface area contributed by atoms with Crippen molar-refractivity contribution in [1.82, 2.24) is 10.6 Å². The summed E-state index contributed by atoms with van der Waals surface area (Å²) in [5, 5.41) is 14.1. The van der Waals surface area contributed by atoms with Crippen molar-refractivity contribution in [2.75, 3.05) is 6.54 Å². The van der Waals surface area contributed by atoms with E-state index < -0.39 is 24.2 Å². The zero-order valence-corrected chi connectivity index (χ0v) is 15.9. The van der Waals surface area contributed by atoms with Gasteiger partial charge in [-0.2, -0.15) is 0 Å². The first-order chi connectivity index (χ1) is 14.0. The maximum absolute atomic E-state index is 11.8. The van der Waals surface area contributed by atoms with E-state index in [-0.39, 0.29) is 26.2 Å². The number of ether oxygens (including phenoxy) is 2. The third-order valence-corrected chi connectivity index (χ3v) is 3.95. The first-order valence-electron chi connectivity index (χ1n) is 9.19. The number of amides is 2. The second kappa shape index (κ2) is 12.0. The number of aliphatic carboxylic acids is 1. The van der Waals surface area contributed by atoms with Crippen LogP contribution in [0.2, 0.25) is 0 Å². The molecule has 0 heterocycles. The highest BCUT2D eigenvalue weighted by atomic mass is 16.6. The van der Waals surface area contributed by atoms with Crippen LogP contribution in [-0.2, 0) is 27.5 Å². The van der Waals surface area contributed by atoms with Gasteiger partial charge < -0.3 is 25.2 Å². The lowest BCUT2D eigenvalue weighted by molar-refractivity contribution is -0.139. The van der Waals surface area contributed by atoms with Gasteiger partial charge in [-0.25, -0.2) is 14.4 Å². The minimum absolute atomic E-state index is 0.0494. The quantitative estimate of drug-likeness (QED) is 0.528. The minimum atomic E-state index is -1.17. The summed E-state index contributed by atoms with van der Waals surface area (Å²) in [5.74, 6) is -1.17. The van der Waals surface area contributed by atoms with Crippen LogP contribution in [0, 0.1) is 0 Å². The van der Waals surface area contributed by atoms with Gasteiger partial charge in [-0.05, 0) is 24.0 Å². The molecular formula is C21H24N2O6. The van der Waals surface area contributed by atoms with E-state index in [0.29, 0.717) is 6.42 Å². The van der Waals surface area contributed by atoms with Crippen LogP contribution in [0.5, 0.6) is 0 Å². The monoisotopic (exact) mass is 400 g/mol. The molecule has 2 aromatic carbocycles. The molecule has 0 saturated heterocycles. The number of rotatable bonds is 10. The average Bonchev–Trinajstić information content (AvgIpc) is 2.74. The van der Waals surface area contributed by atoms with Gasteiger partial charge in [0.05, 0.1) is 0 Å². The maximum atomic E-state index is 11.8. The van der Waals surface area contributed by atoms with E-state index >= 15 is 0 Å². The summed E-state index contributed by atoms with van der Waals surface area (Å²) >= 11 is 0. The number of carbonyl (C=O) groups is 3. The second-order valence-corrected chi connectivity index (χ2v) is 6.23. The molecule has 29 heavy (non-hydrogen) atoms. The molecular weight excluding hydrogens is 376 g/mol. The lowest BCUT2D eigenvalue weighted by atomic mass is 10.1. The molecule has 0 aliphatic rings. The third kappa shape index (κ3) is 8.79. The summed E-state index contributed by atoms with van der Waals surface area (Å²) in [6.45, 7) is 0.422. The van der Waals surface area contributed by atoms with Gasteiger partial charge in [0.15, 0.2) is 0 Å². The van der Waals surface area contributed by atoms with E-state index in [1.54, 1.807) is 12.1 Å². The fraction of sp³-hybridized carbons (Fsp3) is 0.286. The van der Waals surface area contributed by atoms with Crippen LogP contribution < -0.4 is 10.6 Å². The van der Waals surface area contributed by atoms with Crippen LogP contribution in [0.15, 0.2) is 60.7 Å². The number of carboxylic acid groups (broad SMARTS) is 1. The van der Waals surface area contributed by atoms with Crippen molar-refractivity contribution in [2.45, 2.75) is 32.1 Å². The molecule has 0 spiro atoms. The Bertz CT molecular complexity index is 782. The predicted octanol–water partition coefficient (Wildman–Crippen LogP) is 3.07. The highest BCUT2D eigenvalue weighted by molar-refractivity contribution is 5.79. The first-order valence-corrected chi connectivity index (χ1v) is 9.19. The smallest absolute Gasteiger partial charge is 0.408 e. The zero-order chi connectivity index (χ0) is 20.9. The molecule has 0 unspecified atom stereocenters. The molecule has 8 nitrogen and oxygen atoms in total. The molecule has 8 heteroatoms. The minimum Gasteiger partial charge on any atom is -0.480 e. The van der Waals surface area contributed by atoms with Gasteiger partial charge in [0, 0.05) is 6.54 Å². The number of alkyl carbamates (subject to hydrolysis) is 2. The highest BCUT2D eigenvalue weighted by Gasteiger charge is 2.20. The Morgan fingerprint density at radius 3 is 1.86 bits per heavy atom. The van der Waals surface area contributed by atoms with Gasteiger partial charge in [-0.1, -0.05) is 60.7 Å². The second-order valence-electron chi connectivity index (χ2n) is 6.23. The predicted molar refractivity (Wildman–Crippen MR) is 105 cm³/mol. The van der Waals surface area contributed by atoms with E-state index in [0.717, 1.165) is 11.1 Å². The van der Waals surface area contributed by atoms with Crippen LogP contribution in [0.4, 0.5) is 9.59 Å². The molecule has 0 bridgehead atoms. The summed E-state index contributed by atoms with van der Waals surface area (Å²) in [6.07, 6.45) is -0.919. The summed E-state index contributed by atoms with van der Waals surface area (Å²) in [4.78, 5) is 34.8. The summed E-state index contributed by atoms with van der Waals surface area (Å²) < 4.78 is 10.1. The zero-order valence-electron chi connectivity index (χ0n) is 15.9. The van der Waals surface area contributed by atoms with Crippen LogP contribution in [0.1, 0.15) is 24.0 Å². The Morgan fingerprint density at radius 1 is 0.828 bits per heavy atom. The first kappa shape index (κ1) is 21.7. The van der Waals surface area contributed by atoms with Gasteiger partial charge in [0.1, 0.15) is 19.3 Å². The van der Waals surface area contributed by atoms with Gasteiger partial charge in [0.2, 0.25) is 0 Å². The molecule has 3 N–H and O–H groups in total. The van der Waals surface area contributed by atoms with Crippen molar-refractivity contribution < 1.29 is 29.0 Å². The molecule has 0 aliphatic carbocycles. The van der Waals surface area contributed by atoms with Crippen molar-refractivity contribution >= 4 is 18.2 Å². The van der Waals surface area contributed by atoms with E-state index in [2.05, 4.69) is 10.6 Å². The number of hydrogen-bond acceptors (Lipinski definition) is 5. The largest absolute Gasteiger partial charge is 0.480 e. The standard InChI is InChI=1S/C21H24N2O6/c24-19(25)18(23-21(27)29-15-17-10-5-2-6-11-17)12-7-13-22-20(26)28-14-16-8-3-1-4-9-16/h1-6,8-11,18H,7,12-15H2,(H,22,26)(H,23,27)(H,24,25)/t18-/m1/s1. The number of nitrogens with one attached hydrogen (secondary N) is 2. The third-order valence-electron chi connectivity index (χ3n) is 3.95. The Hall–Kier alpha value is -3.55. The number of carbonyl (C=O) groups excluding carboxylic acids is 2. The topological polar surface area (TPSA) is 114 Å². The Kier molecular flexibility index (Phi) is 9.01. The molecule has 1 atom stereocenters. The van der Waals surface area contributed by atoms with Gasteiger partial charge >= 0.3 is 18.2 Å². The fourth-order valence-electron chi connectivity index (χ4n) is 2.44. The van der Waals surface area contributed by atoms with Crippen molar-refractivity contribution in [1.29, 1.82) is 0 Å². The van der Waals surface area contributed by atoms with Gasteiger partial charge in [-0.3, -0.25) is 0 Å². The van der Waals surface area contributed by atoms with Crippen molar-refractivity contribution in [3.63, 3.8) is 0 Å². The summed E-state index contributed by atoms with van der Waals surface area (Å²) in [5.41, 5.74) is 1.67. The molecule has 2 rings (SSSR count). The van der Waals surface area contributed by atoms with Gasteiger partial charge in [0.25, 0.3) is 0 Å². The van der Waals surface area contributed by atoms with E-state index in [9.17, 15) is 19.5 Å². The van der Waals surface area contributed by atoms with Crippen molar-refractivity contribution in [3.05, 3.63) is 71.8 Å². The Morgan fingerprint density at radius 2 is 1.34 bits per heavy atom. The summed E-state index contributed by atoms with van der Waals surface area (Å²) in [7, 11) is 0. The normalized spacial score (nSPS) is 11.2. The van der Waals surface area contributed by atoms with Crippen molar-refractivity contribution in [3.8, 4) is 0 Å². The highest BCUT2D eigenvalue weighted by Crippen LogP contribution is 2.03. The van der Waals surface area contributed by atoms with E-state index in [1.807, 2.05) is 48.5 Å². The van der Waals surface area contributed by atoms with Crippen LogP contribution >= 0.6 is 0 Å².